The van der Waals surface area contributed by atoms with Gasteiger partial charge in [0.25, 0.3) is 11.8 Å². The number of phenolic OH excluding ortho intramolecular Hbond substituents is 1. The van der Waals surface area contributed by atoms with Crippen LogP contribution in [0.15, 0.2) is 73.1 Å². The number of nitrogen functional groups attached to an aromatic ring is 2. The number of rotatable bonds is 4. The second-order valence-electron chi connectivity index (χ2n) is 8.06. The molecule has 2 aromatic heterocycles. The number of pyridine rings is 2. The minimum atomic E-state index is -0.251. The van der Waals surface area contributed by atoms with E-state index in [9.17, 15) is 9.59 Å². The summed E-state index contributed by atoms with van der Waals surface area (Å²) >= 11 is 5.63. The second-order valence-corrected chi connectivity index (χ2v) is 8.49. The van der Waals surface area contributed by atoms with Crippen molar-refractivity contribution in [2.24, 2.45) is 0 Å². The van der Waals surface area contributed by atoms with Crippen LogP contribution in [-0.2, 0) is 0 Å². The van der Waals surface area contributed by atoms with Crippen LogP contribution in [0.2, 0.25) is 5.02 Å². The molecule has 4 aromatic rings. The predicted molar refractivity (Wildman–Crippen MR) is 153 cm³/mol. The minimum absolute atomic E-state index is 0.229. The third-order valence-corrected chi connectivity index (χ3v) is 5.34. The summed E-state index contributed by atoms with van der Waals surface area (Å²) in [5.41, 5.74) is 15.2. The van der Waals surface area contributed by atoms with Crippen molar-refractivity contribution < 1.29 is 19.4 Å². The molecule has 0 atom stereocenters. The number of aromatic nitrogens is 2. The lowest BCUT2D eigenvalue weighted by atomic mass is 10.2. The first kappa shape index (κ1) is 30.4. The van der Waals surface area contributed by atoms with E-state index in [0.29, 0.717) is 39.3 Å². The van der Waals surface area contributed by atoms with Gasteiger partial charge in [-0.25, -0.2) is 0 Å². The lowest BCUT2D eigenvalue weighted by molar-refractivity contribution is 0.0950. The molecule has 0 bridgehead atoms. The van der Waals surface area contributed by atoms with Gasteiger partial charge in [-0.1, -0.05) is 11.6 Å². The monoisotopic (exact) mass is 550 g/mol. The molecular weight excluding hydrogens is 520 g/mol. The summed E-state index contributed by atoms with van der Waals surface area (Å²) in [6.45, 7) is 3.76. The van der Waals surface area contributed by atoms with Gasteiger partial charge in [0, 0.05) is 49.0 Å². The molecule has 0 radical (unpaired) electrons. The zero-order valence-electron chi connectivity index (χ0n) is 22.0. The second kappa shape index (κ2) is 14.8. The van der Waals surface area contributed by atoms with Crippen molar-refractivity contribution in [3.05, 3.63) is 101 Å². The summed E-state index contributed by atoms with van der Waals surface area (Å²) in [7, 11) is 3.10. The molecule has 2 aromatic carbocycles. The Labute approximate surface area is 232 Å². The van der Waals surface area contributed by atoms with Crippen LogP contribution in [0.3, 0.4) is 0 Å². The third-order valence-electron chi connectivity index (χ3n) is 5.10. The number of hydrogen-bond acceptors (Lipinski definition) is 8. The van der Waals surface area contributed by atoms with Gasteiger partial charge >= 0.3 is 0 Å². The summed E-state index contributed by atoms with van der Waals surface area (Å²) in [4.78, 5) is 30.2. The number of benzene rings is 2. The summed E-state index contributed by atoms with van der Waals surface area (Å²) in [6.07, 6.45) is 3.02. The molecule has 11 heteroatoms. The average molecular weight is 551 g/mol. The molecule has 0 spiro atoms. The van der Waals surface area contributed by atoms with Crippen molar-refractivity contribution in [2.75, 3.05) is 25.6 Å². The lowest BCUT2D eigenvalue weighted by Crippen LogP contribution is -2.18. The highest BCUT2D eigenvalue weighted by molar-refractivity contribution is 6.30. The zero-order chi connectivity index (χ0) is 28.9. The van der Waals surface area contributed by atoms with E-state index in [-0.39, 0.29) is 17.6 Å². The highest BCUT2D eigenvalue weighted by atomic mass is 35.5. The normalized spacial score (nSPS) is 9.67. The zero-order valence-corrected chi connectivity index (χ0v) is 22.8. The number of anilines is 2. The van der Waals surface area contributed by atoms with Gasteiger partial charge in [-0.05, 0) is 79.6 Å². The number of phenols is 1. The summed E-state index contributed by atoms with van der Waals surface area (Å²) in [5.74, 6) is 1.01. The Balaban J connectivity index is 0.000000226. The van der Waals surface area contributed by atoms with Gasteiger partial charge < -0.3 is 31.9 Å². The molecule has 39 heavy (non-hydrogen) atoms. The quantitative estimate of drug-likeness (QED) is 0.183. The molecule has 204 valence electrons. The summed E-state index contributed by atoms with van der Waals surface area (Å²) in [6, 6.07) is 16.7. The molecule has 0 aliphatic carbocycles. The van der Waals surface area contributed by atoms with Gasteiger partial charge in [-0.3, -0.25) is 19.6 Å². The molecule has 0 fully saturated rings. The minimum Gasteiger partial charge on any atom is -0.508 e. The third kappa shape index (κ3) is 9.86. The van der Waals surface area contributed by atoms with Crippen molar-refractivity contribution in [3.63, 3.8) is 0 Å². The van der Waals surface area contributed by atoms with Crippen LogP contribution in [-0.4, -0.2) is 41.0 Å². The van der Waals surface area contributed by atoms with E-state index in [2.05, 4.69) is 20.6 Å². The Morgan fingerprint density at radius 2 is 1.28 bits per heavy atom. The van der Waals surface area contributed by atoms with Gasteiger partial charge in [0.1, 0.15) is 28.6 Å². The molecule has 0 unspecified atom stereocenters. The molecule has 7 N–H and O–H groups in total. The number of hydrogen-bond donors (Lipinski definition) is 5. The van der Waals surface area contributed by atoms with E-state index in [1.54, 1.807) is 62.6 Å². The van der Waals surface area contributed by atoms with Crippen molar-refractivity contribution in [1.29, 1.82) is 0 Å². The van der Waals surface area contributed by atoms with Crippen LogP contribution in [0.5, 0.6) is 17.2 Å². The number of carbonyl (C=O) groups excluding carboxylic acids is 2. The molecule has 4 rings (SSSR count). The van der Waals surface area contributed by atoms with Crippen molar-refractivity contribution >= 4 is 34.8 Å². The van der Waals surface area contributed by atoms with Crippen molar-refractivity contribution in [2.45, 2.75) is 13.8 Å². The first-order valence-electron chi connectivity index (χ1n) is 11.6. The Morgan fingerprint density at radius 1 is 0.769 bits per heavy atom. The number of nitrogens with two attached hydrogens (primary N) is 2. The summed E-state index contributed by atoms with van der Waals surface area (Å²) < 4.78 is 5.67. The number of ether oxygens (including phenoxy) is 1. The molecular formula is C28H31ClN6O4. The standard InChI is InChI=1S/C14H15N3O2.C7H7ClN2O.C7H9NO/c1-9-7-10(3-4-12(9)15)19-11-5-6-17-13(8-11)14(18)16-2;1-9-7(11)6-4-5(8)2-3-10-6;1-5-4-6(9)2-3-7(5)8/h3-8H,15H2,1-2H3,(H,16,18);2-4H,1H3,(H,9,11);2-4,9H,8H2,1H3. The Kier molecular flexibility index (Phi) is 11.5. The number of aryl methyl sites for hydroxylation is 2. The van der Waals surface area contributed by atoms with Crippen LogP contribution in [0.25, 0.3) is 0 Å². The fourth-order valence-electron chi connectivity index (χ4n) is 2.89. The van der Waals surface area contributed by atoms with Crippen LogP contribution in [0, 0.1) is 13.8 Å². The first-order valence-corrected chi connectivity index (χ1v) is 12.0. The van der Waals surface area contributed by atoms with Gasteiger partial charge in [0.2, 0.25) is 0 Å². The molecule has 0 aliphatic heterocycles. The molecule has 10 nitrogen and oxygen atoms in total. The SMILES string of the molecule is CNC(=O)c1cc(Cl)ccn1.CNC(=O)c1cc(Oc2ccc(N)c(C)c2)ccn1.Cc1cc(O)ccc1N. The Morgan fingerprint density at radius 3 is 1.79 bits per heavy atom. The molecule has 0 saturated carbocycles. The highest BCUT2D eigenvalue weighted by Gasteiger charge is 2.07. The Hall–Kier alpha value is -4.83. The van der Waals surface area contributed by atoms with Gasteiger partial charge in [0.15, 0.2) is 0 Å². The molecule has 2 amide bonds. The molecule has 2 heterocycles. The van der Waals surface area contributed by atoms with E-state index in [1.165, 1.54) is 18.5 Å². The van der Waals surface area contributed by atoms with Crippen LogP contribution >= 0.6 is 11.6 Å². The van der Waals surface area contributed by atoms with Crippen LogP contribution in [0.4, 0.5) is 11.4 Å². The number of carbonyl (C=O) groups is 2. The number of aromatic hydroxyl groups is 1. The van der Waals surface area contributed by atoms with E-state index in [4.69, 9.17) is 32.9 Å². The van der Waals surface area contributed by atoms with E-state index >= 15 is 0 Å². The fourth-order valence-corrected chi connectivity index (χ4v) is 3.05. The highest BCUT2D eigenvalue weighted by Crippen LogP contribution is 2.24. The maximum absolute atomic E-state index is 11.5. The van der Waals surface area contributed by atoms with Gasteiger partial charge in [-0.15, -0.1) is 0 Å². The summed E-state index contributed by atoms with van der Waals surface area (Å²) in [5, 5.41) is 14.4. The van der Waals surface area contributed by atoms with E-state index in [1.807, 2.05) is 19.9 Å². The molecule has 0 aliphatic rings. The van der Waals surface area contributed by atoms with E-state index in [0.717, 1.165) is 11.1 Å². The topological polar surface area (TPSA) is 165 Å². The largest absolute Gasteiger partial charge is 0.508 e. The maximum Gasteiger partial charge on any atom is 0.269 e. The van der Waals surface area contributed by atoms with Gasteiger partial charge in [0.05, 0.1) is 0 Å². The van der Waals surface area contributed by atoms with Crippen LogP contribution in [0.1, 0.15) is 32.1 Å². The number of nitrogens with zero attached hydrogens (tertiary/aromatic N) is 2. The first-order chi connectivity index (χ1) is 18.5. The number of halogens is 1. The number of amides is 2. The maximum atomic E-state index is 11.5. The average Bonchev–Trinajstić information content (AvgIpc) is 2.93. The fraction of sp³-hybridized carbons (Fsp3) is 0.143. The van der Waals surface area contributed by atoms with E-state index < -0.39 is 0 Å². The van der Waals surface area contributed by atoms with Crippen LogP contribution < -0.4 is 26.8 Å². The Bertz CT molecular complexity index is 1430. The van der Waals surface area contributed by atoms with Gasteiger partial charge in [-0.2, -0.15) is 0 Å². The predicted octanol–water partition coefficient (Wildman–Crippen LogP) is 4.50. The van der Waals surface area contributed by atoms with Crippen molar-refractivity contribution in [3.8, 4) is 17.2 Å². The lowest BCUT2D eigenvalue weighted by Gasteiger charge is -2.08. The van der Waals surface area contributed by atoms with Crippen molar-refractivity contribution in [1.82, 2.24) is 20.6 Å². The number of nitrogens with one attached hydrogen (secondary N) is 2. The molecule has 0 saturated heterocycles. The smallest absolute Gasteiger partial charge is 0.269 e.